The Morgan fingerprint density at radius 1 is 0.875 bits per heavy atom. The van der Waals surface area contributed by atoms with E-state index in [4.69, 9.17) is 0 Å². The Morgan fingerprint density at radius 3 is 2.35 bits per heavy atom. The molecule has 2 aliphatic rings. The zero-order valence-electron chi connectivity index (χ0n) is 22.1. The summed E-state index contributed by atoms with van der Waals surface area (Å²) in [5, 5.41) is 7.58. The summed E-state index contributed by atoms with van der Waals surface area (Å²) in [6.07, 6.45) is 3.53. The Morgan fingerprint density at radius 2 is 1.55 bits per heavy atom. The number of aryl methyl sites for hydroxylation is 2. The van der Waals surface area contributed by atoms with E-state index in [0.29, 0.717) is 29.7 Å². The van der Waals surface area contributed by atoms with E-state index < -0.39 is 0 Å². The van der Waals surface area contributed by atoms with Gasteiger partial charge in [0.25, 0.3) is 17.7 Å². The fourth-order valence-corrected chi connectivity index (χ4v) is 6.38. The van der Waals surface area contributed by atoms with Gasteiger partial charge in [0, 0.05) is 70.5 Å². The largest absolute Gasteiger partial charge is 0.352 e. The van der Waals surface area contributed by atoms with Crippen LogP contribution in [-0.4, -0.2) is 33.4 Å². The molecule has 1 atom stereocenters. The Labute approximate surface area is 231 Å². The third-order valence-electron chi connectivity index (χ3n) is 8.26. The predicted molar refractivity (Wildman–Crippen MR) is 155 cm³/mol. The lowest BCUT2D eigenvalue weighted by Crippen LogP contribution is -2.33. The van der Waals surface area contributed by atoms with Crippen LogP contribution in [0.3, 0.4) is 0 Å². The van der Waals surface area contributed by atoms with Crippen molar-refractivity contribution in [3.05, 3.63) is 107 Å². The molecule has 0 saturated carbocycles. The molecule has 7 heteroatoms. The summed E-state index contributed by atoms with van der Waals surface area (Å²) in [4.78, 5) is 39.6. The van der Waals surface area contributed by atoms with Crippen molar-refractivity contribution in [2.24, 2.45) is 13.0 Å². The third kappa shape index (κ3) is 3.77. The number of aromatic nitrogens is 2. The highest BCUT2D eigenvalue weighted by atomic mass is 16.2. The second-order valence-corrected chi connectivity index (χ2v) is 10.6. The van der Waals surface area contributed by atoms with Gasteiger partial charge in [-0.2, -0.15) is 0 Å². The van der Waals surface area contributed by atoms with E-state index in [9.17, 15) is 14.4 Å². The number of rotatable bonds is 5. The third-order valence-corrected chi connectivity index (χ3v) is 8.26. The molecular formula is C33H28N4O3. The highest BCUT2D eigenvalue weighted by Crippen LogP contribution is 2.42. The lowest BCUT2D eigenvalue weighted by atomic mass is 9.89. The molecule has 2 N–H and O–H groups in total. The van der Waals surface area contributed by atoms with Gasteiger partial charge in [0.2, 0.25) is 0 Å². The summed E-state index contributed by atoms with van der Waals surface area (Å²) in [6.45, 7) is 1.31. The van der Waals surface area contributed by atoms with Gasteiger partial charge in [0.15, 0.2) is 0 Å². The van der Waals surface area contributed by atoms with Crippen LogP contribution in [0.4, 0.5) is 0 Å². The second kappa shape index (κ2) is 9.38. The van der Waals surface area contributed by atoms with Gasteiger partial charge < -0.3 is 14.5 Å². The van der Waals surface area contributed by atoms with Crippen LogP contribution in [0.15, 0.2) is 85.1 Å². The molecule has 198 valence electrons. The fraction of sp³-hybridized carbons (Fsp3) is 0.182. The van der Waals surface area contributed by atoms with Crippen LogP contribution in [0.2, 0.25) is 0 Å². The van der Waals surface area contributed by atoms with Crippen LogP contribution in [0.5, 0.6) is 0 Å². The second-order valence-electron chi connectivity index (χ2n) is 10.6. The average Bonchev–Trinajstić information content (AvgIpc) is 3.59. The van der Waals surface area contributed by atoms with Crippen molar-refractivity contribution in [3.63, 3.8) is 0 Å². The van der Waals surface area contributed by atoms with Crippen molar-refractivity contribution in [3.8, 4) is 0 Å². The topological polar surface area (TPSA) is 85.1 Å². The highest BCUT2D eigenvalue weighted by molar-refractivity contribution is 6.51. The van der Waals surface area contributed by atoms with E-state index in [2.05, 4.69) is 21.3 Å². The molecule has 0 bridgehead atoms. The molecule has 7 nitrogen and oxygen atoms in total. The molecular weight excluding hydrogens is 500 g/mol. The number of nitrogens with one attached hydrogen (secondary N) is 2. The van der Waals surface area contributed by atoms with E-state index >= 15 is 0 Å². The lowest BCUT2D eigenvalue weighted by Gasteiger charge is -2.26. The van der Waals surface area contributed by atoms with Crippen molar-refractivity contribution in [1.29, 1.82) is 0 Å². The first kappa shape index (κ1) is 24.2. The minimum atomic E-state index is -0.372. The number of benzene rings is 3. The Hall–Kier alpha value is -4.91. The number of amides is 3. The van der Waals surface area contributed by atoms with Gasteiger partial charge >= 0.3 is 0 Å². The van der Waals surface area contributed by atoms with Gasteiger partial charge in [0.05, 0.1) is 11.1 Å². The first-order chi connectivity index (χ1) is 19.5. The smallest absolute Gasteiger partial charge is 0.259 e. The number of carbonyl (C=O) groups is 3. The quantitative estimate of drug-likeness (QED) is 0.325. The number of imide groups is 1. The van der Waals surface area contributed by atoms with Crippen LogP contribution >= 0.6 is 0 Å². The molecule has 5 aromatic rings. The van der Waals surface area contributed by atoms with Crippen molar-refractivity contribution in [2.75, 3.05) is 6.54 Å². The molecule has 40 heavy (non-hydrogen) atoms. The van der Waals surface area contributed by atoms with Crippen molar-refractivity contribution in [1.82, 2.24) is 19.8 Å². The normalized spacial score (nSPS) is 17.0. The first-order valence-electron chi connectivity index (χ1n) is 13.6. The molecule has 3 amide bonds. The van der Waals surface area contributed by atoms with E-state index in [-0.39, 0.29) is 23.6 Å². The first-order valence-corrected chi connectivity index (χ1v) is 13.6. The minimum absolute atomic E-state index is 0.0892. The predicted octanol–water partition coefficient (Wildman–Crippen LogP) is 4.69. The number of hydrogen-bond acceptors (Lipinski definition) is 3. The summed E-state index contributed by atoms with van der Waals surface area (Å²) in [5.74, 6) is -0.631. The molecule has 2 aliphatic heterocycles. The van der Waals surface area contributed by atoms with Crippen molar-refractivity contribution < 1.29 is 14.4 Å². The molecule has 0 radical (unpaired) electrons. The van der Waals surface area contributed by atoms with E-state index in [1.54, 1.807) is 0 Å². The highest BCUT2D eigenvalue weighted by Gasteiger charge is 2.38. The van der Waals surface area contributed by atoms with Crippen molar-refractivity contribution >= 4 is 50.7 Å². The lowest BCUT2D eigenvalue weighted by molar-refractivity contribution is -0.122. The molecule has 4 heterocycles. The van der Waals surface area contributed by atoms with Gasteiger partial charge in [-0.3, -0.25) is 19.7 Å². The fourth-order valence-electron chi connectivity index (χ4n) is 6.38. The molecule has 0 saturated heterocycles. The Balaban J connectivity index is 1.34. The van der Waals surface area contributed by atoms with Crippen LogP contribution in [-0.2, 0) is 29.6 Å². The summed E-state index contributed by atoms with van der Waals surface area (Å²) >= 11 is 0. The summed E-state index contributed by atoms with van der Waals surface area (Å²) in [5.41, 5.74) is 6.14. The van der Waals surface area contributed by atoms with Gasteiger partial charge in [-0.05, 0) is 43.0 Å². The van der Waals surface area contributed by atoms with Crippen LogP contribution in [0.1, 0.15) is 33.6 Å². The Kier molecular flexibility index (Phi) is 5.66. The Bertz CT molecular complexity index is 1880. The standard InChI is InChI=1S/C33H28N4O3/c1-36-19-24(22-11-5-7-13-25(22)36)29-30(33(40)35-32(29)39)28-23-12-6-8-14-26(23)37-16-15-20(17-27(28)37)18-34-31(38)21-9-3-2-4-10-21/h2-14,19-20H,15-18H2,1H3,(H,34,38)(H,35,39,40). The molecule has 3 aromatic carbocycles. The number of carbonyl (C=O) groups excluding carboxylic acids is 3. The van der Waals surface area contributed by atoms with Gasteiger partial charge in [-0.25, -0.2) is 0 Å². The average molecular weight is 529 g/mol. The maximum Gasteiger partial charge on any atom is 0.259 e. The van der Waals surface area contributed by atoms with Gasteiger partial charge in [-0.1, -0.05) is 54.6 Å². The summed E-state index contributed by atoms with van der Waals surface area (Å²) in [7, 11) is 1.95. The van der Waals surface area contributed by atoms with Gasteiger partial charge in [-0.15, -0.1) is 0 Å². The van der Waals surface area contributed by atoms with E-state index in [1.165, 1.54) is 0 Å². The number of fused-ring (bicyclic) bond motifs is 4. The maximum absolute atomic E-state index is 13.5. The maximum atomic E-state index is 13.5. The molecule has 0 spiro atoms. The zero-order valence-corrected chi connectivity index (χ0v) is 22.1. The number of para-hydroxylation sites is 2. The monoisotopic (exact) mass is 528 g/mol. The van der Waals surface area contributed by atoms with E-state index in [0.717, 1.165) is 51.6 Å². The van der Waals surface area contributed by atoms with Crippen LogP contribution < -0.4 is 10.6 Å². The molecule has 7 rings (SSSR count). The van der Waals surface area contributed by atoms with E-state index in [1.807, 2.05) is 90.6 Å². The molecule has 0 aliphatic carbocycles. The zero-order chi connectivity index (χ0) is 27.4. The van der Waals surface area contributed by atoms with Crippen molar-refractivity contribution in [2.45, 2.75) is 19.4 Å². The number of hydrogen-bond donors (Lipinski definition) is 2. The molecule has 0 fully saturated rings. The summed E-state index contributed by atoms with van der Waals surface area (Å²) in [6, 6.07) is 25.2. The SMILES string of the molecule is Cn1cc(C2=C(c3c4n(c5ccccc35)CCC(CNC(=O)c3ccccc3)C4)C(=O)NC2=O)c2ccccc21. The summed E-state index contributed by atoms with van der Waals surface area (Å²) < 4.78 is 4.27. The molecule has 2 aromatic heterocycles. The molecule has 1 unspecified atom stereocenters. The van der Waals surface area contributed by atoms with Crippen LogP contribution in [0, 0.1) is 5.92 Å². The van der Waals surface area contributed by atoms with Gasteiger partial charge in [0.1, 0.15) is 0 Å². The number of nitrogens with zero attached hydrogens (tertiary/aromatic N) is 2. The van der Waals surface area contributed by atoms with Crippen LogP contribution in [0.25, 0.3) is 33.0 Å². The minimum Gasteiger partial charge on any atom is -0.352 e.